The number of hydrogen-bond acceptors (Lipinski definition) is 5. The maximum absolute atomic E-state index is 13.0. The Balaban J connectivity index is 1.55. The zero-order valence-electron chi connectivity index (χ0n) is 15.3. The molecule has 1 aliphatic heterocycles. The lowest BCUT2D eigenvalue weighted by Crippen LogP contribution is -2.35. The standard InChI is InChI=1S/C21H20N2O3S/c1-25-17-10-15-8-9-23(13-16(15)11-18(17)26-2)21(24)19-12-22-20(27-19)14-6-4-3-5-7-14/h3-7,10-12H,8-9,13H2,1-2H3. The minimum absolute atomic E-state index is 0.0233. The number of rotatable bonds is 4. The van der Waals surface area contributed by atoms with Crippen molar-refractivity contribution in [1.29, 1.82) is 0 Å². The second kappa shape index (κ2) is 7.40. The van der Waals surface area contributed by atoms with Gasteiger partial charge >= 0.3 is 0 Å². The van der Waals surface area contributed by atoms with Gasteiger partial charge in [0.15, 0.2) is 11.5 Å². The Bertz CT molecular complexity index is 969. The van der Waals surface area contributed by atoms with Crippen LogP contribution < -0.4 is 9.47 Å². The molecule has 2 aromatic carbocycles. The van der Waals surface area contributed by atoms with E-state index in [-0.39, 0.29) is 5.91 Å². The van der Waals surface area contributed by atoms with Crippen molar-refractivity contribution in [1.82, 2.24) is 9.88 Å². The quantitative estimate of drug-likeness (QED) is 0.686. The van der Waals surface area contributed by atoms with Gasteiger partial charge in [-0.2, -0.15) is 0 Å². The van der Waals surface area contributed by atoms with Crippen LogP contribution in [0.3, 0.4) is 0 Å². The number of aromatic nitrogens is 1. The van der Waals surface area contributed by atoms with Gasteiger partial charge in [-0.25, -0.2) is 4.98 Å². The highest BCUT2D eigenvalue weighted by molar-refractivity contribution is 7.16. The zero-order valence-corrected chi connectivity index (χ0v) is 16.1. The van der Waals surface area contributed by atoms with Crippen molar-refractivity contribution < 1.29 is 14.3 Å². The molecule has 0 unspecified atom stereocenters. The van der Waals surface area contributed by atoms with E-state index in [2.05, 4.69) is 4.98 Å². The zero-order chi connectivity index (χ0) is 18.8. The van der Waals surface area contributed by atoms with E-state index in [9.17, 15) is 4.79 Å². The van der Waals surface area contributed by atoms with Crippen LogP contribution in [0.25, 0.3) is 10.6 Å². The number of carbonyl (C=O) groups is 1. The molecule has 0 N–H and O–H groups in total. The van der Waals surface area contributed by atoms with E-state index in [0.29, 0.717) is 23.7 Å². The van der Waals surface area contributed by atoms with Crippen LogP contribution in [0.4, 0.5) is 0 Å². The molecule has 1 aromatic heterocycles. The van der Waals surface area contributed by atoms with Crippen LogP contribution in [-0.4, -0.2) is 36.6 Å². The molecule has 0 fully saturated rings. The largest absolute Gasteiger partial charge is 0.493 e. The number of ether oxygens (including phenoxy) is 2. The summed E-state index contributed by atoms with van der Waals surface area (Å²) in [5, 5.41) is 0.864. The summed E-state index contributed by atoms with van der Waals surface area (Å²) in [6.07, 6.45) is 2.48. The predicted octanol–water partition coefficient (Wildman–Crippen LogP) is 4.03. The first-order chi connectivity index (χ1) is 13.2. The number of benzene rings is 2. The minimum Gasteiger partial charge on any atom is -0.493 e. The fourth-order valence-corrected chi connectivity index (χ4v) is 4.19. The van der Waals surface area contributed by atoms with E-state index in [1.165, 1.54) is 16.9 Å². The summed E-state index contributed by atoms with van der Waals surface area (Å²) in [5.74, 6) is 1.44. The average molecular weight is 380 g/mol. The van der Waals surface area contributed by atoms with Crippen LogP contribution in [-0.2, 0) is 13.0 Å². The number of hydrogen-bond donors (Lipinski definition) is 0. The summed E-state index contributed by atoms with van der Waals surface area (Å²) in [5.41, 5.74) is 3.33. The van der Waals surface area contributed by atoms with Crippen molar-refractivity contribution in [2.24, 2.45) is 0 Å². The monoisotopic (exact) mass is 380 g/mol. The Morgan fingerprint density at radius 2 is 1.78 bits per heavy atom. The Hall–Kier alpha value is -2.86. The normalized spacial score (nSPS) is 13.2. The van der Waals surface area contributed by atoms with Crippen LogP contribution in [0.5, 0.6) is 11.5 Å². The highest BCUT2D eigenvalue weighted by Gasteiger charge is 2.25. The Labute approximate surface area is 162 Å². The van der Waals surface area contributed by atoms with Crippen LogP contribution in [0, 0.1) is 0 Å². The number of fused-ring (bicyclic) bond motifs is 1. The maximum Gasteiger partial charge on any atom is 0.265 e. The van der Waals surface area contributed by atoms with E-state index in [4.69, 9.17) is 9.47 Å². The fraction of sp³-hybridized carbons (Fsp3) is 0.238. The van der Waals surface area contributed by atoms with Crippen LogP contribution >= 0.6 is 11.3 Å². The third-order valence-corrected chi connectivity index (χ3v) is 5.78. The van der Waals surface area contributed by atoms with Gasteiger partial charge in [-0.05, 0) is 29.7 Å². The van der Waals surface area contributed by atoms with E-state index in [1.54, 1.807) is 20.4 Å². The lowest BCUT2D eigenvalue weighted by molar-refractivity contribution is 0.0739. The highest BCUT2D eigenvalue weighted by Crippen LogP contribution is 2.34. The van der Waals surface area contributed by atoms with Crippen molar-refractivity contribution in [2.75, 3.05) is 20.8 Å². The summed E-state index contributed by atoms with van der Waals surface area (Å²) < 4.78 is 10.8. The molecule has 5 nitrogen and oxygen atoms in total. The molecule has 1 amide bonds. The first kappa shape index (κ1) is 17.5. The van der Waals surface area contributed by atoms with Crippen LogP contribution in [0.2, 0.25) is 0 Å². The molecule has 0 spiro atoms. The first-order valence-electron chi connectivity index (χ1n) is 8.74. The first-order valence-corrected chi connectivity index (χ1v) is 9.55. The number of thiazole rings is 1. The number of amides is 1. The van der Waals surface area contributed by atoms with Crippen molar-refractivity contribution in [3.63, 3.8) is 0 Å². The van der Waals surface area contributed by atoms with Crippen LogP contribution in [0.15, 0.2) is 48.7 Å². The van der Waals surface area contributed by atoms with Crippen molar-refractivity contribution in [3.8, 4) is 22.1 Å². The SMILES string of the molecule is COc1cc2c(cc1OC)CN(C(=O)c1cnc(-c3ccccc3)s1)CC2. The topological polar surface area (TPSA) is 51.7 Å². The molecule has 0 saturated heterocycles. The molecule has 0 bridgehead atoms. The van der Waals surface area contributed by atoms with Crippen molar-refractivity contribution >= 4 is 17.2 Å². The van der Waals surface area contributed by atoms with Crippen molar-refractivity contribution in [3.05, 3.63) is 64.7 Å². The molecule has 27 heavy (non-hydrogen) atoms. The Morgan fingerprint density at radius 3 is 2.48 bits per heavy atom. The second-order valence-corrected chi connectivity index (χ2v) is 7.38. The third-order valence-electron chi connectivity index (χ3n) is 4.74. The van der Waals surface area contributed by atoms with Gasteiger partial charge in [0.1, 0.15) is 9.88 Å². The Morgan fingerprint density at radius 1 is 1.07 bits per heavy atom. The lowest BCUT2D eigenvalue weighted by atomic mass is 9.98. The summed E-state index contributed by atoms with van der Waals surface area (Å²) >= 11 is 1.44. The van der Waals surface area contributed by atoms with Crippen molar-refractivity contribution in [2.45, 2.75) is 13.0 Å². The average Bonchev–Trinajstić information content (AvgIpc) is 3.22. The van der Waals surface area contributed by atoms with Gasteiger partial charge in [0.2, 0.25) is 0 Å². The van der Waals surface area contributed by atoms with Gasteiger partial charge in [0.05, 0.1) is 20.4 Å². The number of nitrogens with zero attached hydrogens (tertiary/aromatic N) is 2. The highest BCUT2D eigenvalue weighted by atomic mass is 32.1. The lowest BCUT2D eigenvalue weighted by Gasteiger charge is -2.29. The number of methoxy groups -OCH3 is 2. The molecular weight excluding hydrogens is 360 g/mol. The molecule has 1 aliphatic rings. The molecule has 0 saturated carbocycles. The third kappa shape index (κ3) is 3.40. The van der Waals surface area contributed by atoms with Gasteiger partial charge in [-0.15, -0.1) is 11.3 Å². The van der Waals surface area contributed by atoms with E-state index < -0.39 is 0 Å². The molecule has 2 heterocycles. The maximum atomic E-state index is 13.0. The fourth-order valence-electron chi connectivity index (χ4n) is 3.30. The summed E-state index contributed by atoms with van der Waals surface area (Å²) in [6.45, 7) is 1.24. The van der Waals surface area contributed by atoms with E-state index >= 15 is 0 Å². The molecule has 0 radical (unpaired) electrons. The molecule has 0 atom stereocenters. The smallest absolute Gasteiger partial charge is 0.265 e. The van der Waals surface area contributed by atoms with Gasteiger partial charge in [0.25, 0.3) is 5.91 Å². The summed E-state index contributed by atoms with van der Waals surface area (Å²) in [6, 6.07) is 13.9. The molecule has 4 rings (SSSR count). The van der Waals surface area contributed by atoms with Crippen LogP contribution in [0.1, 0.15) is 20.8 Å². The molecule has 3 aromatic rings. The summed E-state index contributed by atoms with van der Waals surface area (Å²) in [7, 11) is 3.26. The minimum atomic E-state index is 0.0233. The van der Waals surface area contributed by atoms with Gasteiger partial charge in [-0.1, -0.05) is 30.3 Å². The van der Waals surface area contributed by atoms with E-state index in [0.717, 1.165) is 28.3 Å². The summed E-state index contributed by atoms with van der Waals surface area (Å²) in [4.78, 5) is 19.9. The Kier molecular flexibility index (Phi) is 4.81. The molecule has 0 aliphatic carbocycles. The molecule has 6 heteroatoms. The molecular formula is C21H20N2O3S. The van der Waals surface area contributed by atoms with Gasteiger partial charge in [-0.3, -0.25) is 4.79 Å². The van der Waals surface area contributed by atoms with Gasteiger partial charge in [0, 0.05) is 18.7 Å². The predicted molar refractivity (Wildman–Crippen MR) is 106 cm³/mol. The number of carbonyl (C=O) groups excluding carboxylic acids is 1. The van der Waals surface area contributed by atoms with Gasteiger partial charge < -0.3 is 14.4 Å². The van der Waals surface area contributed by atoms with E-state index in [1.807, 2.05) is 47.4 Å². The second-order valence-electron chi connectivity index (χ2n) is 6.35. The molecule has 138 valence electrons.